The van der Waals surface area contributed by atoms with Gasteiger partial charge in [-0.3, -0.25) is 14.9 Å². The first kappa shape index (κ1) is 20.1. The van der Waals surface area contributed by atoms with Gasteiger partial charge in [-0.2, -0.15) is 0 Å². The molecule has 1 heterocycles. The van der Waals surface area contributed by atoms with E-state index < -0.39 is 0 Å². The van der Waals surface area contributed by atoms with Crippen LogP contribution in [0.1, 0.15) is 24.2 Å². The highest BCUT2D eigenvalue weighted by atomic mass is 35.5. The molecule has 1 unspecified atom stereocenters. The zero-order valence-corrected chi connectivity index (χ0v) is 15.4. The van der Waals surface area contributed by atoms with Crippen molar-refractivity contribution >= 4 is 53.3 Å². The van der Waals surface area contributed by atoms with Gasteiger partial charge in [0, 0.05) is 23.9 Å². The van der Waals surface area contributed by atoms with Crippen molar-refractivity contribution in [2.75, 3.05) is 23.5 Å². The van der Waals surface area contributed by atoms with E-state index in [1.807, 2.05) is 13.8 Å². The van der Waals surface area contributed by atoms with Crippen LogP contribution >= 0.6 is 35.8 Å². The highest BCUT2D eigenvalue weighted by Crippen LogP contribution is 2.22. The number of carbonyl (C=O) groups excluding carboxylic acids is 2. The zero-order chi connectivity index (χ0) is 16.1. The molecule has 8 heteroatoms. The molecule has 1 atom stereocenters. The Morgan fingerprint density at radius 3 is 2.74 bits per heavy atom. The quantitative estimate of drug-likeness (QED) is 0.737. The van der Waals surface area contributed by atoms with Crippen molar-refractivity contribution in [3.8, 4) is 0 Å². The van der Waals surface area contributed by atoms with Gasteiger partial charge in [-0.15, -0.1) is 24.2 Å². The van der Waals surface area contributed by atoms with Crippen LogP contribution in [0.5, 0.6) is 0 Å². The van der Waals surface area contributed by atoms with Crippen molar-refractivity contribution in [2.45, 2.75) is 19.9 Å². The molecule has 1 saturated heterocycles. The lowest BCUT2D eigenvalue weighted by molar-refractivity contribution is -0.117. The van der Waals surface area contributed by atoms with E-state index in [9.17, 15) is 9.59 Å². The highest BCUT2D eigenvalue weighted by molar-refractivity contribution is 7.99. The molecule has 1 fully saturated rings. The van der Waals surface area contributed by atoms with Gasteiger partial charge >= 0.3 is 0 Å². The maximum absolute atomic E-state index is 12.0. The van der Waals surface area contributed by atoms with Gasteiger partial charge in [0.1, 0.15) is 0 Å². The molecule has 128 valence electrons. The average molecular weight is 378 g/mol. The van der Waals surface area contributed by atoms with E-state index >= 15 is 0 Å². The Morgan fingerprint density at radius 2 is 2.17 bits per heavy atom. The minimum absolute atomic E-state index is 0. The predicted molar refractivity (Wildman–Crippen MR) is 98.7 cm³/mol. The van der Waals surface area contributed by atoms with Crippen LogP contribution in [0.4, 0.5) is 5.69 Å². The van der Waals surface area contributed by atoms with Crippen molar-refractivity contribution in [1.82, 2.24) is 10.6 Å². The molecule has 1 aliphatic heterocycles. The third-order valence-corrected chi connectivity index (χ3v) is 4.44. The zero-order valence-electron chi connectivity index (χ0n) is 13.0. The largest absolute Gasteiger partial charge is 0.352 e. The number of halogens is 2. The molecule has 5 nitrogen and oxygen atoms in total. The number of hydrogen-bond acceptors (Lipinski definition) is 4. The van der Waals surface area contributed by atoms with Gasteiger partial charge in [-0.05, 0) is 24.1 Å². The van der Waals surface area contributed by atoms with Crippen LogP contribution in [0, 0.1) is 5.92 Å². The summed E-state index contributed by atoms with van der Waals surface area (Å²) in [4.78, 5) is 24.0. The summed E-state index contributed by atoms with van der Waals surface area (Å²) in [6.45, 7) is 4.64. The second kappa shape index (κ2) is 9.37. The number of benzene rings is 1. The number of carbonyl (C=O) groups is 2. The smallest absolute Gasteiger partial charge is 0.252 e. The molecule has 0 bridgehead atoms. The second-order valence-corrected chi connectivity index (χ2v) is 7.00. The van der Waals surface area contributed by atoms with E-state index in [1.54, 1.807) is 30.0 Å². The average Bonchev–Trinajstić information content (AvgIpc) is 2.99. The Morgan fingerprint density at radius 1 is 1.43 bits per heavy atom. The molecule has 1 aromatic carbocycles. The van der Waals surface area contributed by atoms with Crippen molar-refractivity contribution < 1.29 is 9.59 Å². The van der Waals surface area contributed by atoms with Crippen LogP contribution in [0.15, 0.2) is 18.2 Å². The van der Waals surface area contributed by atoms with E-state index in [2.05, 4.69) is 16.0 Å². The molecule has 2 amide bonds. The van der Waals surface area contributed by atoms with Gasteiger partial charge in [-0.25, -0.2) is 0 Å². The third kappa shape index (κ3) is 5.88. The van der Waals surface area contributed by atoms with Crippen LogP contribution in [0.25, 0.3) is 0 Å². The van der Waals surface area contributed by atoms with Crippen molar-refractivity contribution in [3.05, 3.63) is 28.8 Å². The fraction of sp³-hybridized carbons (Fsp3) is 0.467. The van der Waals surface area contributed by atoms with Crippen LogP contribution < -0.4 is 16.0 Å². The molecule has 0 aliphatic carbocycles. The number of nitrogens with one attached hydrogen (secondary N) is 3. The van der Waals surface area contributed by atoms with E-state index in [0.717, 1.165) is 11.6 Å². The maximum atomic E-state index is 12.0. The molecule has 3 N–H and O–H groups in total. The molecule has 0 saturated carbocycles. The summed E-state index contributed by atoms with van der Waals surface area (Å²) < 4.78 is 0. The molecule has 2 rings (SSSR count). The summed E-state index contributed by atoms with van der Waals surface area (Å²) >= 11 is 7.84. The summed E-state index contributed by atoms with van der Waals surface area (Å²) in [5.41, 5.74) is 1.00. The number of rotatable bonds is 5. The number of amides is 2. The van der Waals surface area contributed by atoms with Crippen molar-refractivity contribution in [2.24, 2.45) is 5.92 Å². The summed E-state index contributed by atoms with van der Waals surface area (Å²) in [5, 5.41) is 9.06. The van der Waals surface area contributed by atoms with Crippen LogP contribution in [0.2, 0.25) is 5.02 Å². The Bertz CT molecular complexity index is 564. The minimum Gasteiger partial charge on any atom is -0.352 e. The van der Waals surface area contributed by atoms with Crippen LogP contribution in [-0.2, 0) is 4.79 Å². The fourth-order valence-electron chi connectivity index (χ4n) is 1.96. The minimum atomic E-state index is -0.203. The molecule has 0 radical (unpaired) electrons. The standard InChI is InChI=1S/C15H20ClN3O2S.ClH/c1-9(2)6-17-14(20)11-4-3-10(5-12(11)16)19-15(21)13-7-22-8-18-13;/h3-5,9,13,18H,6-8H2,1-2H3,(H,17,20)(H,19,21);1H. The Hall–Kier alpha value is -0.950. The molecule has 1 aliphatic rings. The Balaban J connectivity index is 0.00000264. The number of anilines is 1. The normalized spacial score (nSPS) is 16.8. The van der Waals surface area contributed by atoms with E-state index in [4.69, 9.17) is 11.6 Å². The van der Waals surface area contributed by atoms with Gasteiger partial charge in [0.25, 0.3) is 5.91 Å². The molecular weight excluding hydrogens is 357 g/mol. The summed E-state index contributed by atoms with van der Waals surface area (Å²) in [6.07, 6.45) is 0. The number of thioether (sulfide) groups is 1. The monoisotopic (exact) mass is 377 g/mol. The van der Waals surface area contributed by atoms with Crippen LogP contribution in [0.3, 0.4) is 0 Å². The second-order valence-electron chi connectivity index (χ2n) is 5.56. The van der Waals surface area contributed by atoms with Gasteiger partial charge in [0.15, 0.2) is 0 Å². The van der Waals surface area contributed by atoms with Crippen molar-refractivity contribution in [3.63, 3.8) is 0 Å². The topological polar surface area (TPSA) is 70.2 Å². The van der Waals surface area contributed by atoms with Gasteiger partial charge < -0.3 is 10.6 Å². The molecule has 1 aromatic rings. The van der Waals surface area contributed by atoms with Gasteiger partial charge in [0.2, 0.25) is 5.91 Å². The lowest BCUT2D eigenvalue weighted by Crippen LogP contribution is -2.37. The number of hydrogen-bond donors (Lipinski definition) is 3. The Labute approximate surface area is 151 Å². The molecule has 0 spiro atoms. The molecular formula is C15H21Cl2N3O2S. The first-order chi connectivity index (χ1) is 10.5. The molecule has 0 aromatic heterocycles. The van der Waals surface area contributed by atoms with E-state index in [0.29, 0.717) is 28.7 Å². The fourth-order valence-corrected chi connectivity index (χ4v) is 3.17. The molecule has 23 heavy (non-hydrogen) atoms. The third-order valence-electron chi connectivity index (χ3n) is 3.18. The van der Waals surface area contributed by atoms with Crippen molar-refractivity contribution in [1.29, 1.82) is 0 Å². The summed E-state index contributed by atoms with van der Waals surface area (Å²) in [6, 6.07) is 4.74. The predicted octanol–water partition coefficient (Wildman–Crippen LogP) is 2.75. The van der Waals surface area contributed by atoms with E-state index in [-0.39, 0.29) is 30.3 Å². The highest BCUT2D eigenvalue weighted by Gasteiger charge is 2.22. The summed E-state index contributed by atoms with van der Waals surface area (Å²) in [7, 11) is 0. The first-order valence-electron chi connectivity index (χ1n) is 7.17. The SMILES string of the molecule is CC(C)CNC(=O)c1ccc(NC(=O)C2CSCN2)cc1Cl.Cl. The Kier molecular flexibility index (Phi) is 8.19. The van der Waals surface area contributed by atoms with Gasteiger partial charge in [0.05, 0.1) is 16.6 Å². The van der Waals surface area contributed by atoms with Crippen LogP contribution in [-0.4, -0.2) is 36.0 Å². The lowest BCUT2D eigenvalue weighted by Gasteiger charge is -2.12. The van der Waals surface area contributed by atoms with E-state index in [1.165, 1.54) is 0 Å². The van der Waals surface area contributed by atoms with Gasteiger partial charge in [-0.1, -0.05) is 25.4 Å². The first-order valence-corrected chi connectivity index (χ1v) is 8.70. The summed E-state index contributed by atoms with van der Waals surface area (Å²) in [5.74, 6) is 1.63. The lowest BCUT2D eigenvalue weighted by atomic mass is 10.1. The maximum Gasteiger partial charge on any atom is 0.252 e.